The minimum Gasteiger partial charge on any atom is -0.507 e. The number of anilines is 1. The van der Waals surface area contributed by atoms with Crippen molar-refractivity contribution in [1.82, 2.24) is 5.32 Å². The molecule has 2 rings (SSSR count). The average molecular weight is 294 g/mol. The molecule has 0 bridgehead atoms. The molecule has 2 amide bonds. The van der Waals surface area contributed by atoms with Gasteiger partial charge in [-0.15, -0.1) is 0 Å². The monoisotopic (exact) mass is 294 g/mol. The summed E-state index contributed by atoms with van der Waals surface area (Å²) in [5.41, 5.74) is 0.0521. The number of phenols is 1. The van der Waals surface area contributed by atoms with Crippen molar-refractivity contribution < 1.29 is 24.5 Å². The van der Waals surface area contributed by atoms with Crippen LogP contribution in [0.2, 0.25) is 0 Å². The summed E-state index contributed by atoms with van der Waals surface area (Å²) in [5, 5.41) is 23.6. The number of benzene rings is 1. The molecule has 7 nitrogen and oxygen atoms in total. The predicted molar refractivity (Wildman–Crippen MR) is 75.7 cm³/mol. The first kappa shape index (κ1) is 15.1. The average Bonchev–Trinajstić information content (AvgIpc) is 2.38. The molecule has 0 spiro atoms. The number of aromatic hydroxyl groups is 1. The zero-order chi connectivity index (χ0) is 15.4. The van der Waals surface area contributed by atoms with Crippen LogP contribution in [0.5, 0.6) is 5.75 Å². The van der Waals surface area contributed by atoms with Crippen LogP contribution in [0.15, 0.2) is 18.2 Å². The number of nitrogens with one attached hydrogen (secondary N) is 2. The van der Waals surface area contributed by atoms with Crippen LogP contribution in [0, 0.1) is 0 Å². The highest BCUT2D eigenvalue weighted by Gasteiger charge is 2.30. The number of aromatic carboxylic acids is 1. The fourth-order valence-electron chi connectivity index (χ4n) is 2.19. The molecule has 4 N–H and O–H groups in total. The maximum atomic E-state index is 11.8. The van der Waals surface area contributed by atoms with E-state index in [1.165, 1.54) is 18.2 Å². The molecule has 114 valence electrons. The van der Waals surface area contributed by atoms with Gasteiger partial charge in [-0.2, -0.15) is 0 Å². The van der Waals surface area contributed by atoms with Crippen molar-refractivity contribution in [3.8, 4) is 5.75 Å². The largest absolute Gasteiger partial charge is 0.507 e. The molecule has 1 aromatic carbocycles. The van der Waals surface area contributed by atoms with Crippen molar-refractivity contribution in [1.29, 1.82) is 0 Å². The summed E-state index contributed by atoms with van der Waals surface area (Å²) in [7, 11) is 0. The molecule has 0 atom stereocenters. The normalized spacial score (nSPS) is 20.4. The van der Waals surface area contributed by atoms with Gasteiger partial charge in [-0.05, 0) is 38.0 Å². The number of carboxylic acids is 1. The molecule has 1 aliphatic carbocycles. The number of hydrogen-bond donors (Lipinski definition) is 4. The Bertz CT molecular complexity index is 540. The highest BCUT2D eigenvalue weighted by molar-refractivity contribution is 5.95. The Morgan fingerprint density at radius 1 is 1.38 bits per heavy atom. The Morgan fingerprint density at radius 2 is 2.10 bits per heavy atom. The smallest absolute Gasteiger partial charge is 0.339 e. The van der Waals surface area contributed by atoms with Crippen LogP contribution in [0.1, 0.15) is 30.1 Å². The summed E-state index contributed by atoms with van der Waals surface area (Å²) < 4.78 is 5.40. The van der Waals surface area contributed by atoms with Crippen LogP contribution in [0.3, 0.4) is 0 Å². The summed E-state index contributed by atoms with van der Waals surface area (Å²) in [4.78, 5) is 22.7. The number of urea groups is 1. The van der Waals surface area contributed by atoms with Gasteiger partial charge in [-0.1, -0.05) is 0 Å². The van der Waals surface area contributed by atoms with Gasteiger partial charge in [0.2, 0.25) is 0 Å². The molecule has 1 aliphatic rings. The summed E-state index contributed by atoms with van der Waals surface area (Å²) in [6.07, 6.45) is 1.75. The number of carboxylic acid groups (broad SMARTS) is 1. The second kappa shape index (κ2) is 6.45. The maximum absolute atomic E-state index is 11.8. The van der Waals surface area contributed by atoms with Crippen molar-refractivity contribution in [3.63, 3.8) is 0 Å². The van der Waals surface area contributed by atoms with Gasteiger partial charge in [0.15, 0.2) is 0 Å². The Labute approximate surface area is 121 Å². The molecule has 1 aromatic rings. The van der Waals surface area contributed by atoms with E-state index in [9.17, 15) is 14.7 Å². The first-order chi connectivity index (χ1) is 9.99. The van der Waals surface area contributed by atoms with E-state index in [0.717, 1.165) is 12.8 Å². The van der Waals surface area contributed by atoms with Gasteiger partial charge in [0.25, 0.3) is 0 Å². The Kier molecular flexibility index (Phi) is 4.64. The SMILES string of the molecule is CCOC1CC(NC(=O)Nc2ccc(O)c(C(=O)O)c2)C1. The highest BCUT2D eigenvalue weighted by Crippen LogP contribution is 2.24. The number of hydrogen-bond acceptors (Lipinski definition) is 4. The van der Waals surface area contributed by atoms with E-state index >= 15 is 0 Å². The van der Waals surface area contributed by atoms with Crippen LogP contribution in [-0.4, -0.2) is 41.0 Å². The molecule has 1 fully saturated rings. The van der Waals surface area contributed by atoms with Crippen LogP contribution in [0.4, 0.5) is 10.5 Å². The quantitative estimate of drug-likeness (QED) is 0.619. The molecular formula is C14H18N2O5. The fourth-order valence-corrected chi connectivity index (χ4v) is 2.19. The maximum Gasteiger partial charge on any atom is 0.339 e. The van der Waals surface area contributed by atoms with Gasteiger partial charge in [0, 0.05) is 18.3 Å². The standard InChI is InChI=1S/C14H18N2O5/c1-2-21-10-5-9(6-10)16-14(20)15-8-3-4-12(17)11(7-8)13(18)19/h3-4,7,9-10,17H,2,5-6H2,1H3,(H,18,19)(H2,15,16,20). The highest BCUT2D eigenvalue weighted by atomic mass is 16.5. The van der Waals surface area contributed by atoms with E-state index in [2.05, 4.69) is 10.6 Å². The molecule has 0 saturated heterocycles. The van der Waals surface area contributed by atoms with Gasteiger partial charge in [0.1, 0.15) is 11.3 Å². The predicted octanol–water partition coefficient (Wildman–Crippen LogP) is 1.78. The van der Waals surface area contributed by atoms with Gasteiger partial charge < -0.3 is 25.6 Å². The second-order valence-corrected chi connectivity index (χ2v) is 4.88. The fraction of sp³-hybridized carbons (Fsp3) is 0.429. The van der Waals surface area contributed by atoms with E-state index in [0.29, 0.717) is 12.3 Å². The zero-order valence-corrected chi connectivity index (χ0v) is 11.6. The van der Waals surface area contributed by atoms with E-state index in [1.807, 2.05) is 6.92 Å². The van der Waals surface area contributed by atoms with Gasteiger partial charge in [-0.3, -0.25) is 0 Å². The number of amides is 2. The summed E-state index contributed by atoms with van der Waals surface area (Å²) in [5.74, 6) is -1.60. The van der Waals surface area contributed by atoms with E-state index in [4.69, 9.17) is 9.84 Å². The third-order valence-corrected chi connectivity index (χ3v) is 3.32. The number of rotatable bonds is 5. The third-order valence-electron chi connectivity index (χ3n) is 3.32. The van der Waals surface area contributed by atoms with Gasteiger partial charge >= 0.3 is 12.0 Å². The summed E-state index contributed by atoms with van der Waals surface area (Å²) in [6.45, 7) is 2.59. The lowest BCUT2D eigenvalue weighted by Gasteiger charge is -2.35. The van der Waals surface area contributed by atoms with Crippen LogP contribution >= 0.6 is 0 Å². The van der Waals surface area contributed by atoms with Crippen LogP contribution < -0.4 is 10.6 Å². The van der Waals surface area contributed by atoms with Crippen LogP contribution in [0.25, 0.3) is 0 Å². The number of ether oxygens (including phenoxy) is 1. The lowest BCUT2D eigenvalue weighted by Crippen LogP contribution is -2.49. The summed E-state index contributed by atoms with van der Waals surface area (Å²) >= 11 is 0. The van der Waals surface area contributed by atoms with E-state index in [1.54, 1.807) is 0 Å². The zero-order valence-electron chi connectivity index (χ0n) is 11.6. The molecule has 0 heterocycles. The molecule has 21 heavy (non-hydrogen) atoms. The first-order valence-corrected chi connectivity index (χ1v) is 6.75. The molecule has 0 aromatic heterocycles. The van der Waals surface area contributed by atoms with Gasteiger partial charge in [-0.25, -0.2) is 9.59 Å². The minimum atomic E-state index is -1.25. The molecule has 0 unspecified atom stereocenters. The minimum absolute atomic E-state index is 0.0672. The Hall–Kier alpha value is -2.28. The third kappa shape index (κ3) is 3.85. The lowest BCUT2D eigenvalue weighted by atomic mass is 9.89. The molecular weight excluding hydrogens is 276 g/mol. The molecule has 0 aliphatic heterocycles. The second-order valence-electron chi connectivity index (χ2n) is 4.88. The van der Waals surface area contributed by atoms with Gasteiger partial charge in [0.05, 0.1) is 6.10 Å². The Morgan fingerprint density at radius 3 is 2.71 bits per heavy atom. The summed E-state index contributed by atoms with van der Waals surface area (Å²) in [6, 6.07) is 3.54. The molecule has 7 heteroatoms. The van der Waals surface area contributed by atoms with Crippen molar-refractivity contribution in [2.24, 2.45) is 0 Å². The van der Waals surface area contributed by atoms with E-state index in [-0.39, 0.29) is 23.5 Å². The van der Waals surface area contributed by atoms with Crippen molar-refractivity contribution in [2.75, 3.05) is 11.9 Å². The Balaban J connectivity index is 1.86. The molecule has 1 saturated carbocycles. The van der Waals surface area contributed by atoms with Crippen molar-refractivity contribution >= 4 is 17.7 Å². The number of carbonyl (C=O) groups is 2. The van der Waals surface area contributed by atoms with Crippen LogP contribution in [-0.2, 0) is 4.74 Å². The topological polar surface area (TPSA) is 108 Å². The van der Waals surface area contributed by atoms with Crippen molar-refractivity contribution in [3.05, 3.63) is 23.8 Å². The molecule has 0 radical (unpaired) electrons. The van der Waals surface area contributed by atoms with E-state index < -0.39 is 12.0 Å². The number of carbonyl (C=O) groups excluding carboxylic acids is 1. The van der Waals surface area contributed by atoms with Crippen molar-refractivity contribution in [2.45, 2.75) is 31.9 Å². The first-order valence-electron chi connectivity index (χ1n) is 6.75. The lowest BCUT2D eigenvalue weighted by molar-refractivity contribution is -0.00673.